The zero-order valence-electron chi connectivity index (χ0n) is 14.8. The number of rotatable bonds is 3. The highest BCUT2D eigenvalue weighted by Crippen LogP contribution is 2.20. The minimum atomic E-state index is -0.321. The zero-order valence-corrected chi connectivity index (χ0v) is 14.8. The van der Waals surface area contributed by atoms with Crippen LogP contribution in [0.3, 0.4) is 0 Å². The highest BCUT2D eigenvalue weighted by Gasteiger charge is 2.23. The van der Waals surface area contributed by atoms with Gasteiger partial charge in [-0.2, -0.15) is 10.2 Å². The third kappa shape index (κ3) is 3.07. The maximum absolute atomic E-state index is 12.8. The highest BCUT2D eigenvalue weighted by molar-refractivity contribution is 5.81. The number of carbonyl (C=O) groups is 1. The summed E-state index contributed by atoms with van der Waals surface area (Å²) in [6.07, 6.45) is 6.01. The summed E-state index contributed by atoms with van der Waals surface area (Å²) in [5, 5.41) is 12.4. The Morgan fingerprint density at radius 1 is 1.33 bits per heavy atom. The van der Waals surface area contributed by atoms with Crippen LogP contribution in [-0.2, 0) is 16.9 Å². The van der Waals surface area contributed by atoms with Crippen molar-refractivity contribution in [2.75, 3.05) is 0 Å². The molecule has 0 unspecified atom stereocenters. The molecule has 0 radical (unpaired) electrons. The lowest BCUT2D eigenvalue weighted by molar-refractivity contribution is -0.122. The van der Waals surface area contributed by atoms with Crippen LogP contribution in [0, 0.1) is 6.92 Å². The summed E-state index contributed by atoms with van der Waals surface area (Å²) in [5.74, 6) is -0.155. The topological polar surface area (TPSA) is 81.8 Å². The van der Waals surface area contributed by atoms with E-state index in [1.165, 1.54) is 4.68 Å². The van der Waals surface area contributed by atoms with E-state index < -0.39 is 0 Å². The van der Waals surface area contributed by atoms with E-state index in [1.807, 2.05) is 27.7 Å². The number of hydrogen-bond acceptors (Lipinski definition) is 4. The molecule has 2 aromatic rings. The molecule has 0 spiro atoms. The van der Waals surface area contributed by atoms with E-state index in [1.54, 1.807) is 10.9 Å². The number of fused-ring (bicyclic) bond motifs is 1. The van der Waals surface area contributed by atoms with Crippen LogP contribution in [0.5, 0.6) is 0 Å². The summed E-state index contributed by atoms with van der Waals surface area (Å²) in [6.45, 7) is 7.76. The van der Waals surface area contributed by atoms with Gasteiger partial charge in [0.1, 0.15) is 12.1 Å². The number of nitrogens with zero attached hydrogens (tertiary/aromatic N) is 4. The Labute approximate surface area is 141 Å². The third-order valence-electron chi connectivity index (χ3n) is 4.52. The van der Waals surface area contributed by atoms with Gasteiger partial charge in [0.25, 0.3) is 5.56 Å². The molecule has 0 aliphatic heterocycles. The van der Waals surface area contributed by atoms with Crippen LogP contribution in [0.1, 0.15) is 52.1 Å². The van der Waals surface area contributed by atoms with Crippen molar-refractivity contribution in [3.8, 4) is 0 Å². The smallest absolute Gasteiger partial charge is 0.293 e. The molecular formula is C17H25N5O2. The van der Waals surface area contributed by atoms with Gasteiger partial charge in [-0.05, 0) is 40.5 Å². The molecule has 0 saturated heterocycles. The molecule has 0 atom stereocenters. The molecule has 130 valence electrons. The Morgan fingerprint density at radius 2 is 2.00 bits per heavy atom. The molecule has 1 aliphatic carbocycles. The normalized spacial score (nSPS) is 16.0. The second-order valence-corrected chi connectivity index (χ2v) is 7.59. The minimum absolute atomic E-state index is 0.0541. The second-order valence-electron chi connectivity index (χ2n) is 7.59. The minimum Gasteiger partial charge on any atom is -0.352 e. The van der Waals surface area contributed by atoms with Crippen LogP contribution >= 0.6 is 0 Å². The van der Waals surface area contributed by atoms with Gasteiger partial charge in [0.2, 0.25) is 5.91 Å². The molecule has 1 fully saturated rings. The quantitative estimate of drug-likeness (QED) is 0.928. The van der Waals surface area contributed by atoms with Crippen molar-refractivity contribution in [1.82, 2.24) is 24.9 Å². The summed E-state index contributed by atoms with van der Waals surface area (Å²) < 4.78 is 2.97. The summed E-state index contributed by atoms with van der Waals surface area (Å²) in [6, 6.07) is 0.234. The molecule has 1 saturated carbocycles. The molecule has 0 aromatic carbocycles. The lowest BCUT2D eigenvalue weighted by atomic mass is 10.1. The first kappa shape index (κ1) is 16.7. The van der Waals surface area contributed by atoms with Gasteiger partial charge in [0.15, 0.2) is 0 Å². The van der Waals surface area contributed by atoms with Gasteiger partial charge in [-0.1, -0.05) is 12.8 Å². The predicted octanol–water partition coefficient (Wildman–Crippen LogP) is 1.72. The first-order valence-electron chi connectivity index (χ1n) is 8.52. The molecule has 2 heterocycles. The predicted molar refractivity (Wildman–Crippen MR) is 91.9 cm³/mol. The lowest BCUT2D eigenvalue weighted by Gasteiger charge is -2.20. The molecule has 1 N–H and O–H groups in total. The molecule has 7 nitrogen and oxygen atoms in total. The fourth-order valence-corrected chi connectivity index (χ4v) is 3.32. The van der Waals surface area contributed by atoms with Gasteiger partial charge in [0.05, 0.1) is 17.4 Å². The van der Waals surface area contributed by atoms with E-state index in [0.29, 0.717) is 11.2 Å². The average Bonchev–Trinajstić information content (AvgIpc) is 3.12. The van der Waals surface area contributed by atoms with Crippen molar-refractivity contribution in [3.63, 3.8) is 0 Å². The van der Waals surface area contributed by atoms with Crippen LogP contribution in [0.15, 0.2) is 11.0 Å². The first-order valence-corrected chi connectivity index (χ1v) is 8.52. The molecule has 3 rings (SSSR count). The van der Waals surface area contributed by atoms with Crippen molar-refractivity contribution in [2.45, 2.75) is 71.5 Å². The number of carbonyl (C=O) groups excluding carboxylic acids is 1. The monoisotopic (exact) mass is 331 g/mol. The van der Waals surface area contributed by atoms with Crippen LogP contribution in [0.4, 0.5) is 0 Å². The lowest BCUT2D eigenvalue weighted by Crippen LogP contribution is -2.39. The molecule has 0 bridgehead atoms. The van der Waals surface area contributed by atoms with E-state index in [-0.39, 0.29) is 29.6 Å². The van der Waals surface area contributed by atoms with Gasteiger partial charge in [0, 0.05) is 11.4 Å². The van der Waals surface area contributed by atoms with Crippen LogP contribution in [0.2, 0.25) is 0 Å². The molecule has 1 amide bonds. The maximum atomic E-state index is 12.8. The number of aryl methyl sites for hydroxylation is 1. The number of aromatic nitrogens is 4. The second kappa shape index (κ2) is 6.03. The number of nitrogens with one attached hydrogen (secondary N) is 1. The molecule has 24 heavy (non-hydrogen) atoms. The van der Waals surface area contributed by atoms with Crippen LogP contribution < -0.4 is 10.9 Å². The van der Waals surface area contributed by atoms with E-state index >= 15 is 0 Å². The number of amides is 1. The van der Waals surface area contributed by atoms with Crippen molar-refractivity contribution < 1.29 is 4.79 Å². The summed E-state index contributed by atoms with van der Waals surface area (Å²) in [4.78, 5) is 25.1. The van der Waals surface area contributed by atoms with E-state index in [9.17, 15) is 9.59 Å². The summed E-state index contributed by atoms with van der Waals surface area (Å²) in [7, 11) is 0. The number of hydrogen-bond donors (Lipinski definition) is 1. The Morgan fingerprint density at radius 3 is 2.62 bits per heavy atom. The average molecular weight is 331 g/mol. The largest absolute Gasteiger partial charge is 0.352 e. The highest BCUT2D eigenvalue weighted by atomic mass is 16.2. The Kier molecular flexibility index (Phi) is 4.19. The molecule has 7 heteroatoms. The third-order valence-corrected chi connectivity index (χ3v) is 4.52. The molecule has 1 aliphatic rings. The van der Waals surface area contributed by atoms with Crippen molar-refractivity contribution in [3.05, 3.63) is 22.2 Å². The Bertz CT molecular complexity index is 822. The standard InChI is InChI=1S/C17H25N5O2/c1-11-13-9-18-22(17(2,3)4)15(13)16(24)21(20-11)10-14(23)19-12-7-5-6-8-12/h9,12H,5-8,10H2,1-4H3,(H,19,23). The van der Waals surface area contributed by atoms with E-state index in [0.717, 1.165) is 31.1 Å². The fourth-order valence-electron chi connectivity index (χ4n) is 3.32. The summed E-state index contributed by atoms with van der Waals surface area (Å²) in [5.41, 5.74) is 0.612. The Balaban J connectivity index is 1.95. The van der Waals surface area contributed by atoms with Crippen molar-refractivity contribution in [2.24, 2.45) is 0 Å². The summed E-state index contributed by atoms with van der Waals surface area (Å²) >= 11 is 0. The van der Waals surface area contributed by atoms with Crippen LogP contribution in [0.25, 0.3) is 10.9 Å². The first-order chi connectivity index (χ1) is 11.3. The molecule has 2 aromatic heterocycles. The van der Waals surface area contributed by atoms with Crippen molar-refractivity contribution in [1.29, 1.82) is 0 Å². The van der Waals surface area contributed by atoms with E-state index in [2.05, 4.69) is 15.5 Å². The maximum Gasteiger partial charge on any atom is 0.293 e. The van der Waals surface area contributed by atoms with E-state index in [4.69, 9.17) is 0 Å². The SMILES string of the molecule is Cc1nn(CC(=O)NC2CCCC2)c(=O)c2c1cnn2C(C)(C)C. The van der Waals surface area contributed by atoms with Crippen molar-refractivity contribution >= 4 is 16.8 Å². The zero-order chi connectivity index (χ0) is 17.5. The fraction of sp³-hybridized carbons (Fsp3) is 0.647. The van der Waals surface area contributed by atoms with Gasteiger partial charge < -0.3 is 5.32 Å². The van der Waals surface area contributed by atoms with Crippen LogP contribution in [-0.4, -0.2) is 31.5 Å². The van der Waals surface area contributed by atoms with Gasteiger partial charge in [-0.15, -0.1) is 0 Å². The Hall–Kier alpha value is -2.18. The molecular weight excluding hydrogens is 306 g/mol. The van der Waals surface area contributed by atoms with Gasteiger partial charge in [-0.25, -0.2) is 4.68 Å². The van der Waals surface area contributed by atoms with Gasteiger partial charge >= 0.3 is 0 Å². The van der Waals surface area contributed by atoms with Gasteiger partial charge in [-0.3, -0.25) is 14.3 Å².